The molecule has 1 heterocycles. The molecule has 0 aliphatic carbocycles. The highest BCUT2D eigenvalue weighted by Gasteiger charge is 2.31. The number of fused-ring (bicyclic) bond motifs is 1. The zero-order valence-electron chi connectivity index (χ0n) is 17.6. The third-order valence-corrected chi connectivity index (χ3v) is 5.88. The second kappa shape index (κ2) is 9.56. The molecule has 9 heteroatoms. The van der Waals surface area contributed by atoms with E-state index in [0.29, 0.717) is 16.9 Å². The first-order valence-electron chi connectivity index (χ1n) is 9.61. The number of benzene rings is 2. The van der Waals surface area contributed by atoms with E-state index in [0.717, 1.165) is 11.1 Å². The molecule has 0 amide bonds. The number of hydrogen-bond donors (Lipinski definition) is 2. The van der Waals surface area contributed by atoms with Crippen LogP contribution in [0.4, 0.5) is 0 Å². The van der Waals surface area contributed by atoms with Crippen molar-refractivity contribution in [2.24, 2.45) is 0 Å². The van der Waals surface area contributed by atoms with Crippen molar-refractivity contribution < 1.29 is 38.1 Å². The van der Waals surface area contributed by atoms with Crippen LogP contribution in [0.15, 0.2) is 42.0 Å². The van der Waals surface area contributed by atoms with Crippen molar-refractivity contribution >= 4 is 13.6 Å². The van der Waals surface area contributed by atoms with Gasteiger partial charge in [0.05, 0.1) is 13.7 Å². The number of cyclic esters (lactones) is 1. The highest BCUT2D eigenvalue weighted by Crippen LogP contribution is 2.43. The first kappa shape index (κ1) is 22.9. The summed E-state index contributed by atoms with van der Waals surface area (Å²) in [5, 5.41) is 10.6. The van der Waals surface area contributed by atoms with Gasteiger partial charge in [0, 0.05) is 11.1 Å². The van der Waals surface area contributed by atoms with E-state index in [1.165, 1.54) is 7.11 Å². The van der Waals surface area contributed by atoms with Crippen molar-refractivity contribution in [3.05, 3.63) is 64.2 Å². The SMILES string of the molecule is COc1c(C)c2c(c(O)c1CC=C(C)COCP(=O)(O)Oc1ccccc1)C(=O)OC2. The van der Waals surface area contributed by atoms with E-state index in [1.807, 2.05) is 6.92 Å². The standard InChI is InChI=1S/C22H25O8P/c1-14(11-28-13-31(25,26)30-16-7-5-4-6-8-16)9-10-17-20(23)19-18(12-29-22(19)24)15(2)21(17)27-3/h4-9,23H,10-13H2,1-3H3,(H,25,26). The number of rotatable bonds is 9. The van der Waals surface area contributed by atoms with Gasteiger partial charge in [-0.1, -0.05) is 29.8 Å². The van der Waals surface area contributed by atoms with Crippen molar-refractivity contribution in [2.75, 3.05) is 20.1 Å². The van der Waals surface area contributed by atoms with Crippen LogP contribution in [0, 0.1) is 6.92 Å². The van der Waals surface area contributed by atoms with Crippen molar-refractivity contribution in [2.45, 2.75) is 26.9 Å². The number of esters is 1. The number of para-hydroxylation sites is 1. The maximum absolute atomic E-state index is 12.1. The maximum Gasteiger partial charge on any atom is 0.402 e. The van der Waals surface area contributed by atoms with Crippen LogP contribution >= 0.6 is 7.60 Å². The van der Waals surface area contributed by atoms with Crippen LogP contribution in [-0.4, -0.2) is 36.0 Å². The van der Waals surface area contributed by atoms with Gasteiger partial charge in [-0.15, -0.1) is 0 Å². The Morgan fingerprint density at radius 3 is 2.68 bits per heavy atom. The van der Waals surface area contributed by atoms with E-state index in [2.05, 4.69) is 0 Å². The van der Waals surface area contributed by atoms with E-state index in [9.17, 15) is 19.4 Å². The topological polar surface area (TPSA) is 112 Å². The smallest absolute Gasteiger partial charge is 0.402 e. The minimum atomic E-state index is -3.95. The molecule has 1 unspecified atom stereocenters. The molecule has 2 aromatic rings. The van der Waals surface area contributed by atoms with Crippen LogP contribution in [0.5, 0.6) is 17.2 Å². The Labute approximate surface area is 180 Å². The average Bonchev–Trinajstić information content (AvgIpc) is 3.12. The largest absolute Gasteiger partial charge is 0.507 e. The van der Waals surface area contributed by atoms with Gasteiger partial charge in [0.2, 0.25) is 0 Å². The van der Waals surface area contributed by atoms with Gasteiger partial charge in [0.15, 0.2) is 6.35 Å². The second-order valence-corrected chi connectivity index (χ2v) is 8.90. The highest BCUT2D eigenvalue weighted by molar-refractivity contribution is 7.53. The number of hydrogen-bond acceptors (Lipinski definition) is 7. The molecule has 1 aliphatic rings. The van der Waals surface area contributed by atoms with Crippen molar-refractivity contribution in [3.63, 3.8) is 0 Å². The van der Waals surface area contributed by atoms with Gasteiger partial charge in [0.25, 0.3) is 0 Å². The molecular formula is C22H25O8P. The number of allylic oxidation sites excluding steroid dienone is 1. The predicted molar refractivity (Wildman–Crippen MR) is 114 cm³/mol. The summed E-state index contributed by atoms with van der Waals surface area (Å²) in [4.78, 5) is 21.9. The van der Waals surface area contributed by atoms with Crippen LogP contribution in [0.3, 0.4) is 0 Å². The molecule has 166 valence electrons. The number of carbonyl (C=O) groups is 1. The minimum absolute atomic E-state index is 0.0950. The molecule has 1 atom stereocenters. The molecule has 2 N–H and O–H groups in total. The lowest BCUT2D eigenvalue weighted by Gasteiger charge is -2.16. The van der Waals surface area contributed by atoms with Gasteiger partial charge in [-0.2, -0.15) is 0 Å². The van der Waals surface area contributed by atoms with E-state index < -0.39 is 19.9 Å². The molecule has 8 nitrogen and oxygen atoms in total. The fourth-order valence-corrected chi connectivity index (χ4v) is 4.18. The summed E-state index contributed by atoms with van der Waals surface area (Å²) in [5.74, 6) is 0.0783. The third kappa shape index (κ3) is 5.28. The summed E-state index contributed by atoms with van der Waals surface area (Å²) >= 11 is 0. The van der Waals surface area contributed by atoms with Crippen LogP contribution in [-0.2, 0) is 27.1 Å². The van der Waals surface area contributed by atoms with Gasteiger partial charge >= 0.3 is 13.6 Å². The number of phenols is 1. The van der Waals surface area contributed by atoms with Crippen molar-refractivity contribution in [3.8, 4) is 17.2 Å². The third-order valence-electron chi connectivity index (χ3n) is 4.88. The minimum Gasteiger partial charge on any atom is -0.507 e. The first-order chi connectivity index (χ1) is 14.7. The molecule has 31 heavy (non-hydrogen) atoms. The number of aromatic hydroxyl groups is 1. The molecule has 0 radical (unpaired) electrons. The van der Waals surface area contributed by atoms with Crippen LogP contribution in [0.1, 0.15) is 34.0 Å². The summed E-state index contributed by atoms with van der Waals surface area (Å²) in [7, 11) is -2.45. The Morgan fingerprint density at radius 2 is 2.00 bits per heavy atom. The van der Waals surface area contributed by atoms with Crippen molar-refractivity contribution in [1.82, 2.24) is 0 Å². The Balaban J connectivity index is 1.65. The van der Waals surface area contributed by atoms with E-state index in [4.69, 9.17) is 18.7 Å². The monoisotopic (exact) mass is 448 g/mol. The number of ether oxygens (including phenoxy) is 3. The molecular weight excluding hydrogens is 423 g/mol. The molecule has 0 saturated carbocycles. The summed E-state index contributed by atoms with van der Waals surface area (Å²) in [6, 6.07) is 8.35. The maximum atomic E-state index is 12.1. The zero-order valence-corrected chi connectivity index (χ0v) is 18.5. The normalized spacial score (nSPS) is 15.2. The molecule has 2 aromatic carbocycles. The average molecular weight is 448 g/mol. The Kier molecular flexibility index (Phi) is 7.05. The Bertz CT molecular complexity index is 1050. The molecule has 3 rings (SSSR count). The molecule has 0 fully saturated rings. The number of methoxy groups -OCH3 is 1. The predicted octanol–water partition coefficient (Wildman–Crippen LogP) is 4.11. The summed E-state index contributed by atoms with van der Waals surface area (Å²) in [5.41, 5.74) is 2.79. The summed E-state index contributed by atoms with van der Waals surface area (Å²) in [6.45, 7) is 3.81. The van der Waals surface area contributed by atoms with Crippen LogP contribution in [0.25, 0.3) is 0 Å². The van der Waals surface area contributed by atoms with Gasteiger partial charge < -0.3 is 28.7 Å². The second-order valence-electron chi connectivity index (χ2n) is 7.19. The van der Waals surface area contributed by atoms with E-state index in [1.54, 1.807) is 43.3 Å². The lowest BCUT2D eigenvalue weighted by molar-refractivity contribution is 0.0533. The lowest BCUT2D eigenvalue weighted by Crippen LogP contribution is -2.05. The highest BCUT2D eigenvalue weighted by atomic mass is 31.2. The zero-order chi connectivity index (χ0) is 22.6. The fourth-order valence-electron chi connectivity index (χ4n) is 3.36. The quantitative estimate of drug-likeness (QED) is 0.335. The fraction of sp³-hybridized carbons (Fsp3) is 0.318. The van der Waals surface area contributed by atoms with E-state index in [-0.39, 0.29) is 36.7 Å². The number of phenolic OH excluding ortho intramolecular Hbond substituents is 1. The van der Waals surface area contributed by atoms with Crippen LogP contribution < -0.4 is 9.26 Å². The number of carbonyl (C=O) groups excluding carboxylic acids is 1. The molecule has 0 saturated heterocycles. The van der Waals surface area contributed by atoms with Gasteiger partial charge in [-0.25, -0.2) is 9.36 Å². The van der Waals surface area contributed by atoms with E-state index >= 15 is 0 Å². The van der Waals surface area contributed by atoms with Crippen LogP contribution in [0.2, 0.25) is 0 Å². The Hall–Kier alpha value is -2.80. The van der Waals surface area contributed by atoms with Gasteiger partial charge in [-0.3, -0.25) is 0 Å². The molecule has 0 aromatic heterocycles. The lowest BCUT2D eigenvalue weighted by atomic mass is 9.95. The summed E-state index contributed by atoms with van der Waals surface area (Å²) < 4.78 is 33.1. The Morgan fingerprint density at radius 1 is 1.29 bits per heavy atom. The summed E-state index contributed by atoms with van der Waals surface area (Å²) in [6.07, 6.45) is 1.61. The van der Waals surface area contributed by atoms with Crippen molar-refractivity contribution in [1.29, 1.82) is 0 Å². The first-order valence-corrected chi connectivity index (χ1v) is 11.4. The molecule has 1 aliphatic heterocycles. The molecule has 0 spiro atoms. The van der Waals surface area contributed by atoms with Gasteiger partial charge in [-0.05, 0) is 38.0 Å². The molecule has 0 bridgehead atoms. The van der Waals surface area contributed by atoms with Gasteiger partial charge in [0.1, 0.15) is 29.4 Å².